The molecule has 1 aromatic heterocycles. The molecule has 5 nitrogen and oxygen atoms in total. The minimum atomic E-state index is -0.151. The third-order valence-electron chi connectivity index (χ3n) is 2.94. The molecule has 116 valence electrons. The summed E-state index contributed by atoms with van der Waals surface area (Å²) in [5.74, 6) is 1.40. The maximum atomic E-state index is 11.8. The Hall–Kier alpha value is -1.83. The average molecular weight is 411 g/mol. The Kier molecular flexibility index (Phi) is 6.00. The molecule has 22 heavy (non-hydrogen) atoms. The average Bonchev–Trinajstić information content (AvgIpc) is 2.52. The topological polar surface area (TPSA) is 54.5 Å². The predicted molar refractivity (Wildman–Crippen MR) is 95.1 cm³/mol. The van der Waals surface area contributed by atoms with Crippen LogP contribution in [-0.4, -0.2) is 31.6 Å². The number of ether oxygens (including phenoxy) is 1. The van der Waals surface area contributed by atoms with E-state index in [1.165, 1.54) is 0 Å². The molecule has 6 heteroatoms. The maximum absolute atomic E-state index is 11.8. The van der Waals surface area contributed by atoms with Gasteiger partial charge in [-0.2, -0.15) is 0 Å². The highest BCUT2D eigenvalue weighted by molar-refractivity contribution is 14.1. The minimum absolute atomic E-state index is 0.00616. The number of carbonyl (C=O) groups excluding carboxylic acids is 1. The van der Waals surface area contributed by atoms with E-state index in [1.807, 2.05) is 55.4 Å². The molecule has 0 aliphatic rings. The molecule has 0 aliphatic heterocycles. The van der Waals surface area contributed by atoms with Crippen LogP contribution in [-0.2, 0) is 11.3 Å². The van der Waals surface area contributed by atoms with Crippen LogP contribution in [0.25, 0.3) is 0 Å². The molecule has 0 bridgehead atoms. The molecule has 2 rings (SSSR count). The third kappa shape index (κ3) is 5.18. The summed E-state index contributed by atoms with van der Waals surface area (Å²) < 4.78 is 6.57. The van der Waals surface area contributed by atoms with E-state index in [9.17, 15) is 4.79 Å². The summed E-state index contributed by atoms with van der Waals surface area (Å²) in [6, 6.07) is 11.4. The number of benzene rings is 1. The van der Waals surface area contributed by atoms with E-state index >= 15 is 0 Å². The fraction of sp³-hybridized carbons (Fsp3) is 0.250. The van der Waals surface area contributed by atoms with Crippen molar-refractivity contribution in [3.05, 3.63) is 51.7 Å². The molecule has 0 aliphatic carbocycles. The number of nitrogens with one attached hydrogen (secondary N) is 1. The van der Waals surface area contributed by atoms with Crippen LogP contribution >= 0.6 is 22.6 Å². The van der Waals surface area contributed by atoms with Gasteiger partial charge in [0.1, 0.15) is 11.6 Å². The Labute approximate surface area is 143 Å². The van der Waals surface area contributed by atoms with Crippen LogP contribution in [0.3, 0.4) is 0 Å². The van der Waals surface area contributed by atoms with Gasteiger partial charge in [0.05, 0.1) is 0 Å². The lowest BCUT2D eigenvalue weighted by Gasteiger charge is -2.12. The van der Waals surface area contributed by atoms with E-state index < -0.39 is 0 Å². The van der Waals surface area contributed by atoms with Crippen molar-refractivity contribution in [3.8, 4) is 5.75 Å². The van der Waals surface area contributed by atoms with Crippen molar-refractivity contribution in [2.45, 2.75) is 6.54 Å². The Balaban J connectivity index is 1.80. The number of pyridine rings is 1. The molecular formula is C16H18IN3O2. The van der Waals surface area contributed by atoms with Gasteiger partial charge in [-0.05, 0) is 64.6 Å². The minimum Gasteiger partial charge on any atom is -0.484 e. The molecule has 0 radical (unpaired) electrons. The second-order valence-corrected chi connectivity index (χ2v) is 6.18. The molecule has 0 atom stereocenters. The summed E-state index contributed by atoms with van der Waals surface area (Å²) in [5, 5.41) is 2.84. The van der Waals surface area contributed by atoms with E-state index in [-0.39, 0.29) is 12.5 Å². The number of aromatic nitrogens is 1. The van der Waals surface area contributed by atoms with Crippen LogP contribution in [0.15, 0.2) is 42.6 Å². The Morgan fingerprint density at radius 1 is 1.27 bits per heavy atom. The summed E-state index contributed by atoms with van der Waals surface area (Å²) in [7, 11) is 3.86. The molecule has 0 unspecified atom stereocenters. The fourth-order valence-electron chi connectivity index (χ4n) is 1.75. The van der Waals surface area contributed by atoms with E-state index in [4.69, 9.17) is 4.74 Å². The van der Waals surface area contributed by atoms with Crippen LogP contribution in [0.1, 0.15) is 5.56 Å². The molecule has 2 aromatic rings. The number of amides is 1. The summed E-state index contributed by atoms with van der Waals surface area (Å²) in [5.41, 5.74) is 1.00. The number of rotatable bonds is 6. The molecule has 0 fully saturated rings. The van der Waals surface area contributed by atoms with Crippen LogP contribution < -0.4 is 15.0 Å². The van der Waals surface area contributed by atoms with Crippen molar-refractivity contribution in [1.82, 2.24) is 10.3 Å². The lowest BCUT2D eigenvalue weighted by Crippen LogP contribution is -2.28. The molecule has 0 spiro atoms. The van der Waals surface area contributed by atoms with E-state index in [1.54, 1.807) is 6.20 Å². The van der Waals surface area contributed by atoms with Crippen molar-refractivity contribution in [2.24, 2.45) is 0 Å². The van der Waals surface area contributed by atoms with E-state index in [0.29, 0.717) is 12.3 Å². The smallest absolute Gasteiger partial charge is 0.258 e. The number of anilines is 1. The first kappa shape index (κ1) is 16.5. The first-order chi connectivity index (χ1) is 10.5. The number of halogens is 1. The molecule has 1 aromatic carbocycles. The van der Waals surface area contributed by atoms with Crippen molar-refractivity contribution in [1.29, 1.82) is 0 Å². The largest absolute Gasteiger partial charge is 0.484 e. The normalized spacial score (nSPS) is 10.1. The van der Waals surface area contributed by atoms with Crippen molar-refractivity contribution < 1.29 is 9.53 Å². The van der Waals surface area contributed by atoms with Gasteiger partial charge in [0.2, 0.25) is 0 Å². The molecular weight excluding hydrogens is 393 g/mol. The maximum Gasteiger partial charge on any atom is 0.258 e. The van der Waals surface area contributed by atoms with Gasteiger partial charge in [0.15, 0.2) is 6.61 Å². The lowest BCUT2D eigenvalue weighted by atomic mass is 10.2. The summed E-state index contributed by atoms with van der Waals surface area (Å²) in [6.07, 6.45) is 1.74. The van der Waals surface area contributed by atoms with Gasteiger partial charge < -0.3 is 15.0 Å². The Morgan fingerprint density at radius 3 is 2.68 bits per heavy atom. The summed E-state index contributed by atoms with van der Waals surface area (Å²) in [6.45, 7) is 0.463. The second kappa shape index (κ2) is 7.98. The van der Waals surface area contributed by atoms with E-state index in [0.717, 1.165) is 15.0 Å². The molecule has 1 amide bonds. The number of carbonyl (C=O) groups is 1. The Bertz CT molecular complexity index is 630. The van der Waals surface area contributed by atoms with E-state index in [2.05, 4.69) is 32.9 Å². The van der Waals surface area contributed by atoms with Gasteiger partial charge in [0, 0.05) is 30.4 Å². The highest BCUT2D eigenvalue weighted by Gasteiger charge is 2.04. The highest BCUT2D eigenvalue weighted by Crippen LogP contribution is 2.13. The van der Waals surface area contributed by atoms with Gasteiger partial charge in [-0.15, -0.1) is 0 Å². The number of hydrogen-bond donors (Lipinski definition) is 1. The van der Waals surface area contributed by atoms with Gasteiger partial charge in [0.25, 0.3) is 5.91 Å². The zero-order valence-corrected chi connectivity index (χ0v) is 14.7. The first-order valence-electron chi connectivity index (χ1n) is 6.82. The monoisotopic (exact) mass is 411 g/mol. The quantitative estimate of drug-likeness (QED) is 0.743. The van der Waals surface area contributed by atoms with Crippen LogP contribution in [0, 0.1) is 3.57 Å². The van der Waals surface area contributed by atoms with Gasteiger partial charge in [-0.25, -0.2) is 4.98 Å². The predicted octanol–water partition coefficient (Wildman–Crippen LogP) is 2.45. The molecule has 1 heterocycles. The standard InChI is InChI=1S/C16H18IN3O2/c1-20(2)15-9-12(7-8-18-15)10-19-16(21)11-22-14-5-3-13(17)4-6-14/h3-9H,10-11H2,1-2H3,(H,19,21). The molecule has 0 saturated carbocycles. The molecule has 1 N–H and O–H groups in total. The zero-order valence-electron chi connectivity index (χ0n) is 12.5. The van der Waals surface area contributed by atoms with Gasteiger partial charge in [-0.1, -0.05) is 0 Å². The highest BCUT2D eigenvalue weighted by atomic mass is 127. The second-order valence-electron chi connectivity index (χ2n) is 4.94. The first-order valence-corrected chi connectivity index (χ1v) is 7.90. The summed E-state index contributed by atoms with van der Waals surface area (Å²) >= 11 is 2.22. The zero-order chi connectivity index (χ0) is 15.9. The van der Waals surface area contributed by atoms with Crippen LogP contribution in [0.5, 0.6) is 5.75 Å². The van der Waals surface area contributed by atoms with Crippen LogP contribution in [0.2, 0.25) is 0 Å². The number of hydrogen-bond acceptors (Lipinski definition) is 4. The molecule has 0 saturated heterocycles. The fourth-order valence-corrected chi connectivity index (χ4v) is 2.11. The SMILES string of the molecule is CN(C)c1cc(CNC(=O)COc2ccc(I)cc2)ccn1. The van der Waals surface area contributed by atoms with Crippen LogP contribution in [0.4, 0.5) is 5.82 Å². The van der Waals surface area contributed by atoms with Gasteiger partial charge in [-0.3, -0.25) is 4.79 Å². The van der Waals surface area contributed by atoms with Gasteiger partial charge >= 0.3 is 0 Å². The van der Waals surface area contributed by atoms with Crippen molar-refractivity contribution >= 4 is 34.3 Å². The lowest BCUT2D eigenvalue weighted by molar-refractivity contribution is -0.123. The van der Waals surface area contributed by atoms with Crippen molar-refractivity contribution in [3.63, 3.8) is 0 Å². The third-order valence-corrected chi connectivity index (χ3v) is 3.66. The van der Waals surface area contributed by atoms with Crippen molar-refractivity contribution in [2.75, 3.05) is 25.6 Å². The summed E-state index contributed by atoms with van der Waals surface area (Å²) in [4.78, 5) is 18.0. The number of nitrogens with zero attached hydrogens (tertiary/aromatic N) is 2. The Morgan fingerprint density at radius 2 is 2.00 bits per heavy atom.